The van der Waals surface area contributed by atoms with Crippen LogP contribution in [0.1, 0.15) is 37.3 Å². The van der Waals surface area contributed by atoms with Gasteiger partial charge in [0.25, 0.3) is 0 Å². The average Bonchev–Trinajstić information content (AvgIpc) is 3.19. The van der Waals surface area contributed by atoms with Crippen molar-refractivity contribution >= 4 is 11.8 Å². The van der Waals surface area contributed by atoms with Crippen molar-refractivity contribution in [1.29, 1.82) is 0 Å². The van der Waals surface area contributed by atoms with Gasteiger partial charge in [-0.25, -0.2) is 0 Å². The number of carbonyl (C=O) groups is 2. The molecule has 5 nitrogen and oxygen atoms in total. The quantitative estimate of drug-likeness (QED) is 0.697. The SMILES string of the molecule is COc1cccc([C@@H]2CN(C(=O)CC(C)C)C[C@@H]2C(=O)N(C)Cc2ccccc2)c1. The van der Waals surface area contributed by atoms with Crippen LogP contribution in [0.25, 0.3) is 0 Å². The number of rotatable bonds is 7. The minimum absolute atomic E-state index is 0.0399. The highest BCUT2D eigenvalue weighted by Crippen LogP contribution is 2.36. The van der Waals surface area contributed by atoms with Gasteiger partial charge < -0.3 is 14.5 Å². The van der Waals surface area contributed by atoms with Crippen molar-refractivity contribution in [1.82, 2.24) is 9.80 Å². The van der Waals surface area contributed by atoms with E-state index < -0.39 is 0 Å². The van der Waals surface area contributed by atoms with E-state index in [1.54, 1.807) is 12.0 Å². The molecule has 0 aliphatic carbocycles. The minimum Gasteiger partial charge on any atom is -0.497 e. The summed E-state index contributed by atoms with van der Waals surface area (Å²) in [5, 5.41) is 0. The summed E-state index contributed by atoms with van der Waals surface area (Å²) in [6.45, 7) is 5.67. The van der Waals surface area contributed by atoms with Crippen molar-refractivity contribution in [2.75, 3.05) is 27.2 Å². The molecular weight excluding hydrogens is 376 g/mol. The van der Waals surface area contributed by atoms with E-state index in [1.165, 1.54) is 0 Å². The predicted octanol–water partition coefficient (Wildman–Crippen LogP) is 3.94. The van der Waals surface area contributed by atoms with Crippen LogP contribution in [0, 0.1) is 11.8 Å². The van der Waals surface area contributed by atoms with Crippen molar-refractivity contribution in [3.8, 4) is 5.75 Å². The number of ether oxygens (including phenoxy) is 1. The third-order valence-corrected chi connectivity index (χ3v) is 5.73. The summed E-state index contributed by atoms with van der Waals surface area (Å²) < 4.78 is 5.39. The first kappa shape index (κ1) is 21.9. The molecule has 1 heterocycles. The van der Waals surface area contributed by atoms with Gasteiger partial charge in [0.1, 0.15) is 5.75 Å². The van der Waals surface area contributed by atoms with Crippen LogP contribution in [0.4, 0.5) is 0 Å². The van der Waals surface area contributed by atoms with E-state index >= 15 is 0 Å². The maximum Gasteiger partial charge on any atom is 0.228 e. The monoisotopic (exact) mass is 408 g/mol. The van der Waals surface area contributed by atoms with Crippen LogP contribution in [0.3, 0.4) is 0 Å². The molecule has 5 heteroatoms. The highest BCUT2D eigenvalue weighted by Gasteiger charge is 2.41. The van der Waals surface area contributed by atoms with E-state index in [4.69, 9.17) is 4.74 Å². The molecule has 2 aromatic carbocycles. The molecule has 1 aliphatic heterocycles. The molecule has 1 saturated heterocycles. The van der Waals surface area contributed by atoms with Crippen molar-refractivity contribution in [3.63, 3.8) is 0 Å². The lowest BCUT2D eigenvalue weighted by Gasteiger charge is -2.25. The Bertz CT molecular complexity index is 866. The Morgan fingerprint density at radius 1 is 1.10 bits per heavy atom. The van der Waals surface area contributed by atoms with Crippen molar-refractivity contribution in [2.24, 2.45) is 11.8 Å². The fraction of sp³-hybridized carbons (Fsp3) is 0.440. The number of nitrogens with zero attached hydrogens (tertiary/aromatic N) is 2. The average molecular weight is 409 g/mol. The summed E-state index contributed by atoms with van der Waals surface area (Å²) in [6, 6.07) is 17.8. The van der Waals surface area contributed by atoms with Gasteiger partial charge in [0.15, 0.2) is 0 Å². The largest absolute Gasteiger partial charge is 0.497 e. The van der Waals surface area contributed by atoms with Crippen LogP contribution < -0.4 is 4.74 Å². The smallest absolute Gasteiger partial charge is 0.228 e. The Hall–Kier alpha value is -2.82. The van der Waals surface area contributed by atoms with Crippen LogP contribution in [0.5, 0.6) is 5.75 Å². The first-order valence-corrected chi connectivity index (χ1v) is 10.6. The Morgan fingerprint density at radius 3 is 2.50 bits per heavy atom. The van der Waals surface area contributed by atoms with E-state index in [0.717, 1.165) is 16.9 Å². The van der Waals surface area contributed by atoms with E-state index in [9.17, 15) is 9.59 Å². The molecule has 30 heavy (non-hydrogen) atoms. The molecule has 2 amide bonds. The third-order valence-electron chi connectivity index (χ3n) is 5.73. The van der Waals surface area contributed by atoms with Crippen molar-refractivity contribution < 1.29 is 14.3 Å². The van der Waals surface area contributed by atoms with Gasteiger partial charge in [0.2, 0.25) is 11.8 Å². The number of hydrogen-bond acceptors (Lipinski definition) is 3. The fourth-order valence-corrected chi connectivity index (χ4v) is 4.16. The van der Waals surface area contributed by atoms with Gasteiger partial charge in [0.05, 0.1) is 13.0 Å². The van der Waals surface area contributed by atoms with E-state index in [2.05, 4.69) is 0 Å². The van der Waals surface area contributed by atoms with Gasteiger partial charge in [-0.2, -0.15) is 0 Å². The van der Waals surface area contributed by atoms with Gasteiger partial charge >= 0.3 is 0 Å². The molecule has 0 bridgehead atoms. The Morgan fingerprint density at radius 2 is 1.83 bits per heavy atom. The molecule has 0 aromatic heterocycles. The lowest BCUT2D eigenvalue weighted by atomic mass is 9.88. The molecular formula is C25H32N2O3. The van der Waals surface area contributed by atoms with Gasteiger partial charge in [-0.1, -0.05) is 56.3 Å². The highest BCUT2D eigenvalue weighted by molar-refractivity contribution is 5.83. The van der Waals surface area contributed by atoms with E-state index in [-0.39, 0.29) is 23.7 Å². The van der Waals surface area contributed by atoms with Crippen LogP contribution in [0.2, 0.25) is 0 Å². The molecule has 3 rings (SSSR count). The predicted molar refractivity (Wildman–Crippen MR) is 118 cm³/mol. The Labute approximate surface area is 179 Å². The van der Waals surface area contributed by atoms with E-state index in [1.807, 2.05) is 80.4 Å². The van der Waals surface area contributed by atoms with Crippen LogP contribution in [-0.2, 0) is 16.1 Å². The molecule has 0 saturated carbocycles. The number of hydrogen-bond donors (Lipinski definition) is 0. The highest BCUT2D eigenvalue weighted by atomic mass is 16.5. The van der Waals surface area contributed by atoms with Gasteiger partial charge in [-0.3, -0.25) is 9.59 Å². The molecule has 0 N–H and O–H groups in total. The summed E-state index contributed by atoms with van der Waals surface area (Å²) in [4.78, 5) is 29.8. The molecule has 1 aliphatic rings. The summed E-state index contributed by atoms with van der Waals surface area (Å²) in [7, 11) is 3.49. The molecule has 1 fully saturated rings. The van der Waals surface area contributed by atoms with Crippen molar-refractivity contribution in [2.45, 2.75) is 32.7 Å². The van der Waals surface area contributed by atoms with Crippen LogP contribution in [0.15, 0.2) is 54.6 Å². The number of benzene rings is 2. The first-order valence-electron chi connectivity index (χ1n) is 10.6. The Balaban J connectivity index is 1.83. The summed E-state index contributed by atoms with van der Waals surface area (Å²) in [5.74, 6) is 0.959. The molecule has 0 radical (unpaired) electrons. The van der Waals surface area contributed by atoms with Gasteiger partial charge in [0, 0.05) is 39.0 Å². The van der Waals surface area contributed by atoms with E-state index in [0.29, 0.717) is 32.0 Å². The second-order valence-electron chi connectivity index (χ2n) is 8.57. The van der Waals surface area contributed by atoms with Crippen molar-refractivity contribution in [3.05, 3.63) is 65.7 Å². The zero-order chi connectivity index (χ0) is 21.7. The molecule has 2 atom stereocenters. The van der Waals surface area contributed by atoms with Gasteiger partial charge in [-0.05, 0) is 29.2 Å². The van der Waals surface area contributed by atoms with Crippen LogP contribution >= 0.6 is 0 Å². The zero-order valence-corrected chi connectivity index (χ0v) is 18.4. The van der Waals surface area contributed by atoms with Crippen LogP contribution in [-0.4, -0.2) is 48.9 Å². The maximum absolute atomic E-state index is 13.4. The summed E-state index contributed by atoms with van der Waals surface area (Å²) in [6.07, 6.45) is 0.506. The summed E-state index contributed by atoms with van der Waals surface area (Å²) in [5.41, 5.74) is 2.14. The topological polar surface area (TPSA) is 49.9 Å². The molecule has 2 aromatic rings. The number of carbonyl (C=O) groups excluding carboxylic acids is 2. The number of amides is 2. The standard InChI is InChI=1S/C25H32N2O3/c1-18(2)13-24(28)27-16-22(20-11-8-12-21(14-20)30-4)23(17-27)25(29)26(3)15-19-9-6-5-7-10-19/h5-12,14,18,22-23H,13,15-17H2,1-4H3/t22-,23-/m0/s1. The molecule has 0 spiro atoms. The first-order chi connectivity index (χ1) is 14.4. The second-order valence-corrected chi connectivity index (χ2v) is 8.57. The zero-order valence-electron chi connectivity index (χ0n) is 18.4. The molecule has 0 unspecified atom stereocenters. The fourth-order valence-electron chi connectivity index (χ4n) is 4.16. The normalized spacial score (nSPS) is 18.5. The Kier molecular flexibility index (Phi) is 7.14. The minimum atomic E-state index is -0.262. The third kappa shape index (κ3) is 5.21. The maximum atomic E-state index is 13.4. The molecule has 160 valence electrons. The number of likely N-dealkylation sites (tertiary alicyclic amines) is 1. The number of methoxy groups -OCH3 is 1. The van der Waals surface area contributed by atoms with Gasteiger partial charge in [-0.15, -0.1) is 0 Å². The second kappa shape index (κ2) is 9.79. The summed E-state index contributed by atoms with van der Waals surface area (Å²) >= 11 is 0. The lowest BCUT2D eigenvalue weighted by Crippen LogP contribution is -2.36. The lowest BCUT2D eigenvalue weighted by molar-refractivity contribution is -0.135.